The summed E-state index contributed by atoms with van der Waals surface area (Å²) < 4.78 is 1.22. The SMILES string of the molecule is Cc1ccc(Cl)cc1NC(=O)c1c(C(=O)O)cnn1C. The van der Waals surface area contributed by atoms with Crippen molar-refractivity contribution in [2.24, 2.45) is 7.05 Å². The molecule has 1 aromatic heterocycles. The van der Waals surface area contributed by atoms with Gasteiger partial charge >= 0.3 is 5.97 Å². The number of carboxylic acid groups (broad SMARTS) is 1. The Morgan fingerprint density at radius 3 is 2.75 bits per heavy atom. The van der Waals surface area contributed by atoms with Crippen LogP contribution in [0.15, 0.2) is 24.4 Å². The van der Waals surface area contributed by atoms with E-state index in [0.29, 0.717) is 10.7 Å². The lowest BCUT2D eigenvalue weighted by Gasteiger charge is -2.09. The van der Waals surface area contributed by atoms with Crippen LogP contribution in [0.3, 0.4) is 0 Å². The second-order valence-electron chi connectivity index (χ2n) is 4.25. The number of halogens is 1. The maximum Gasteiger partial charge on any atom is 0.339 e. The maximum atomic E-state index is 12.2. The van der Waals surface area contributed by atoms with E-state index in [-0.39, 0.29) is 11.3 Å². The third-order valence-electron chi connectivity index (χ3n) is 2.83. The minimum Gasteiger partial charge on any atom is -0.478 e. The molecule has 1 aromatic carbocycles. The standard InChI is InChI=1S/C13H12ClN3O3/c1-7-3-4-8(14)5-10(7)16-12(18)11-9(13(19)20)6-15-17(11)2/h3-6H,1-2H3,(H,16,18)(H,19,20). The average molecular weight is 294 g/mol. The minimum atomic E-state index is -1.20. The Labute approximate surface area is 120 Å². The van der Waals surface area contributed by atoms with E-state index >= 15 is 0 Å². The number of amides is 1. The Kier molecular flexibility index (Phi) is 3.76. The van der Waals surface area contributed by atoms with Crippen molar-refractivity contribution < 1.29 is 14.7 Å². The molecule has 2 N–H and O–H groups in total. The van der Waals surface area contributed by atoms with Crippen LogP contribution in [0.5, 0.6) is 0 Å². The first-order valence-corrected chi connectivity index (χ1v) is 6.10. The summed E-state index contributed by atoms with van der Waals surface area (Å²) in [7, 11) is 1.51. The molecule has 0 aliphatic heterocycles. The number of benzene rings is 1. The van der Waals surface area contributed by atoms with Gasteiger partial charge in [-0.2, -0.15) is 5.10 Å². The van der Waals surface area contributed by atoms with Crippen molar-refractivity contribution in [3.8, 4) is 0 Å². The van der Waals surface area contributed by atoms with E-state index in [4.69, 9.17) is 16.7 Å². The number of carbonyl (C=O) groups is 2. The van der Waals surface area contributed by atoms with Crippen molar-refractivity contribution in [3.05, 3.63) is 46.2 Å². The van der Waals surface area contributed by atoms with E-state index in [1.165, 1.54) is 11.7 Å². The molecule has 0 saturated carbocycles. The summed E-state index contributed by atoms with van der Waals surface area (Å²) in [6, 6.07) is 5.07. The first-order chi connectivity index (χ1) is 9.40. The van der Waals surface area contributed by atoms with Crippen LogP contribution in [-0.2, 0) is 7.05 Å². The summed E-state index contributed by atoms with van der Waals surface area (Å²) in [5.41, 5.74) is 1.18. The number of hydrogen-bond acceptors (Lipinski definition) is 3. The number of anilines is 1. The summed E-state index contributed by atoms with van der Waals surface area (Å²) in [5.74, 6) is -1.75. The van der Waals surface area contributed by atoms with Crippen LogP contribution in [0, 0.1) is 6.92 Å². The van der Waals surface area contributed by atoms with E-state index in [9.17, 15) is 9.59 Å². The Balaban J connectivity index is 2.36. The van der Waals surface area contributed by atoms with Gasteiger partial charge in [0.05, 0.1) is 6.20 Å². The fourth-order valence-electron chi connectivity index (χ4n) is 1.77. The molecule has 2 aromatic rings. The molecule has 1 amide bonds. The number of aromatic carboxylic acids is 1. The number of rotatable bonds is 3. The van der Waals surface area contributed by atoms with Gasteiger partial charge in [-0.1, -0.05) is 17.7 Å². The minimum absolute atomic E-state index is 0.0168. The highest BCUT2D eigenvalue weighted by Gasteiger charge is 2.22. The molecule has 0 aliphatic rings. The molecule has 0 fully saturated rings. The number of aromatic nitrogens is 2. The fraction of sp³-hybridized carbons (Fsp3) is 0.154. The zero-order chi connectivity index (χ0) is 14.9. The van der Waals surface area contributed by atoms with Crippen LogP contribution in [0.2, 0.25) is 5.02 Å². The first-order valence-electron chi connectivity index (χ1n) is 5.73. The van der Waals surface area contributed by atoms with E-state index < -0.39 is 11.9 Å². The Morgan fingerprint density at radius 1 is 1.40 bits per heavy atom. The summed E-state index contributed by atoms with van der Waals surface area (Å²) in [5, 5.41) is 16.0. The highest BCUT2D eigenvalue weighted by atomic mass is 35.5. The molecule has 7 heteroatoms. The molecule has 0 saturated heterocycles. The fourth-order valence-corrected chi connectivity index (χ4v) is 1.95. The third kappa shape index (κ3) is 2.65. The van der Waals surface area contributed by atoms with Crippen molar-refractivity contribution in [3.63, 3.8) is 0 Å². The molecule has 6 nitrogen and oxygen atoms in total. The predicted molar refractivity (Wildman–Crippen MR) is 74.3 cm³/mol. The third-order valence-corrected chi connectivity index (χ3v) is 3.07. The molecule has 0 unspecified atom stereocenters. The normalized spacial score (nSPS) is 10.3. The molecule has 1 heterocycles. The van der Waals surface area contributed by atoms with Gasteiger partial charge in [0.25, 0.3) is 5.91 Å². The van der Waals surface area contributed by atoms with Gasteiger partial charge in [0, 0.05) is 17.8 Å². The summed E-state index contributed by atoms with van der Waals surface area (Å²) in [6.45, 7) is 1.81. The zero-order valence-corrected chi connectivity index (χ0v) is 11.6. The summed E-state index contributed by atoms with van der Waals surface area (Å²) >= 11 is 5.88. The number of nitrogens with one attached hydrogen (secondary N) is 1. The average Bonchev–Trinajstić information content (AvgIpc) is 2.76. The lowest BCUT2D eigenvalue weighted by molar-refractivity contribution is 0.0692. The number of hydrogen-bond donors (Lipinski definition) is 2. The molecular formula is C13H12ClN3O3. The van der Waals surface area contributed by atoms with E-state index in [1.54, 1.807) is 18.2 Å². The van der Waals surface area contributed by atoms with Gasteiger partial charge in [0.1, 0.15) is 11.3 Å². The molecule has 0 radical (unpaired) electrons. The van der Waals surface area contributed by atoms with Gasteiger partial charge in [0.2, 0.25) is 0 Å². The molecule has 0 atom stereocenters. The quantitative estimate of drug-likeness (QED) is 0.909. The van der Waals surface area contributed by atoms with Gasteiger partial charge in [-0.3, -0.25) is 9.48 Å². The second-order valence-corrected chi connectivity index (χ2v) is 4.69. The smallest absolute Gasteiger partial charge is 0.339 e. The van der Waals surface area contributed by atoms with Gasteiger partial charge in [-0.25, -0.2) is 4.79 Å². The Morgan fingerprint density at radius 2 is 2.10 bits per heavy atom. The lowest BCUT2D eigenvalue weighted by Crippen LogP contribution is -2.19. The maximum absolute atomic E-state index is 12.2. The largest absolute Gasteiger partial charge is 0.478 e. The van der Waals surface area contributed by atoms with Crippen LogP contribution in [0.1, 0.15) is 26.4 Å². The molecule has 0 aliphatic carbocycles. The van der Waals surface area contributed by atoms with Gasteiger partial charge in [0.15, 0.2) is 0 Å². The van der Waals surface area contributed by atoms with E-state index in [0.717, 1.165) is 11.8 Å². The van der Waals surface area contributed by atoms with Crippen LogP contribution >= 0.6 is 11.6 Å². The molecule has 20 heavy (non-hydrogen) atoms. The van der Waals surface area contributed by atoms with E-state index in [2.05, 4.69) is 10.4 Å². The molecular weight excluding hydrogens is 282 g/mol. The van der Waals surface area contributed by atoms with Crippen LogP contribution < -0.4 is 5.32 Å². The Hall–Kier alpha value is -2.34. The topological polar surface area (TPSA) is 84.2 Å². The van der Waals surface area contributed by atoms with E-state index in [1.807, 2.05) is 6.92 Å². The van der Waals surface area contributed by atoms with Crippen LogP contribution in [0.4, 0.5) is 5.69 Å². The zero-order valence-electron chi connectivity index (χ0n) is 10.8. The molecule has 0 bridgehead atoms. The molecule has 0 spiro atoms. The van der Waals surface area contributed by atoms with Gasteiger partial charge in [-0.15, -0.1) is 0 Å². The Bertz CT molecular complexity index is 694. The summed E-state index contributed by atoms with van der Waals surface area (Å²) in [4.78, 5) is 23.3. The second kappa shape index (κ2) is 5.34. The highest BCUT2D eigenvalue weighted by Crippen LogP contribution is 2.21. The predicted octanol–water partition coefficient (Wildman–Crippen LogP) is 2.33. The van der Waals surface area contributed by atoms with Gasteiger partial charge < -0.3 is 10.4 Å². The number of carbonyl (C=O) groups excluding carboxylic acids is 1. The molecule has 104 valence electrons. The van der Waals surface area contributed by atoms with Crippen LogP contribution in [0.25, 0.3) is 0 Å². The monoisotopic (exact) mass is 293 g/mol. The van der Waals surface area contributed by atoms with Crippen LogP contribution in [-0.4, -0.2) is 26.8 Å². The van der Waals surface area contributed by atoms with Crippen molar-refractivity contribution in [2.45, 2.75) is 6.92 Å². The van der Waals surface area contributed by atoms with Crippen molar-refractivity contribution >= 4 is 29.2 Å². The number of aryl methyl sites for hydroxylation is 2. The molecule has 2 rings (SSSR count). The number of carboxylic acids is 1. The summed E-state index contributed by atoms with van der Waals surface area (Å²) in [6.07, 6.45) is 1.14. The van der Waals surface area contributed by atoms with Crippen molar-refractivity contribution in [1.29, 1.82) is 0 Å². The highest BCUT2D eigenvalue weighted by molar-refractivity contribution is 6.31. The number of nitrogens with zero attached hydrogens (tertiary/aromatic N) is 2. The van der Waals surface area contributed by atoms with Crippen molar-refractivity contribution in [1.82, 2.24) is 9.78 Å². The lowest BCUT2D eigenvalue weighted by atomic mass is 10.2. The first kappa shape index (κ1) is 14.1. The van der Waals surface area contributed by atoms with Gasteiger partial charge in [-0.05, 0) is 24.6 Å². The van der Waals surface area contributed by atoms with Crippen molar-refractivity contribution in [2.75, 3.05) is 5.32 Å².